The predicted octanol–water partition coefficient (Wildman–Crippen LogP) is 5.37. The van der Waals surface area contributed by atoms with Crippen molar-refractivity contribution < 1.29 is 27.9 Å². The Morgan fingerprint density at radius 3 is 2.31 bits per heavy atom. The number of aliphatic hydroxyl groups is 1. The minimum atomic E-state index is -4.48. The molecular formula is C32H34F3N4O3+. The number of amides is 3. The Hall–Kier alpha value is -3.86. The number of hydrogen-bond acceptors (Lipinski definition) is 5. The molecule has 10 heteroatoms. The highest BCUT2D eigenvalue weighted by atomic mass is 19.4. The maximum absolute atomic E-state index is 14.1. The van der Waals surface area contributed by atoms with Gasteiger partial charge in [0, 0.05) is 24.7 Å². The molecule has 1 unspecified atom stereocenters. The van der Waals surface area contributed by atoms with Crippen LogP contribution < -0.4 is 15.1 Å². The maximum Gasteiger partial charge on any atom is 0.429 e. The second kappa shape index (κ2) is 11.8. The summed E-state index contributed by atoms with van der Waals surface area (Å²) in [5.74, 6) is -0.456. The first kappa shape index (κ1) is 29.6. The van der Waals surface area contributed by atoms with Crippen LogP contribution in [0.5, 0.6) is 0 Å². The summed E-state index contributed by atoms with van der Waals surface area (Å²) in [4.78, 5) is 32.2. The number of fused-ring (bicyclic) bond motifs is 1. The highest BCUT2D eigenvalue weighted by Gasteiger charge is 2.49. The predicted molar refractivity (Wildman–Crippen MR) is 155 cm³/mol. The van der Waals surface area contributed by atoms with E-state index in [0.29, 0.717) is 35.6 Å². The van der Waals surface area contributed by atoms with E-state index in [-0.39, 0.29) is 6.54 Å². The smallest absolute Gasteiger partial charge is 0.387 e. The van der Waals surface area contributed by atoms with Gasteiger partial charge in [0.15, 0.2) is 12.2 Å². The Balaban J connectivity index is 1.39. The summed E-state index contributed by atoms with van der Waals surface area (Å²) < 4.78 is 38.8. The number of likely N-dealkylation sites (N-methyl/N-ethyl adjacent to an activating group) is 1. The minimum Gasteiger partial charge on any atom is -0.387 e. The monoisotopic (exact) mass is 579 g/mol. The maximum atomic E-state index is 14.1. The van der Waals surface area contributed by atoms with Crippen molar-refractivity contribution in [3.8, 4) is 0 Å². The summed E-state index contributed by atoms with van der Waals surface area (Å²) in [6, 6.07) is 20.4. The van der Waals surface area contributed by atoms with E-state index in [1.165, 1.54) is 19.2 Å². The number of benzene rings is 3. The normalized spacial score (nSPS) is 20.8. The molecule has 0 aromatic heterocycles. The number of aliphatic hydroxyl groups excluding tert-OH is 1. The molecule has 0 bridgehead atoms. The molecule has 3 aromatic rings. The molecule has 2 atom stereocenters. The summed E-state index contributed by atoms with van der Waals surface area (Å²) >= 11 is 0. The van der Waals surface area contributed by atoms with Gasteiger partial charge in [-0.1, -0.05) is 67.4 Å². The van der Waals surface area contributed by atoms with Crippen LogP contribution in [0.1, 0.15) is 54.0 Å². The zero-order chi connectivity index (χ0) is 30.0. The molecule has 1 saturated carbocycles. The molecule has 1 heterocycles. The first-order chi connectivity index (χ1) is 20.0. The number of hydrogen-bond donors (Lipinski definition) is 3. The quantitative estimate of drug-likeness (QED) is 0.329. The van der Waals surface area contributed by atoms with Crippen molar-refractivity contribution in [2.45, 2.75) is 43.5 Å². The SMILES string of the molecule is C[N+]1(C(=O)NC2(CNC[C@H](O)c3ccccc3)CCCC2)C(=O)CN=C(c2ccc(C(F)(F)F)cc2)c2ccccc21. The van der Waals surface area contributed by atoms with Crippen molar-refractivity contribution in [3.63, 3.8) is 0 Å². The third-order valence-electron chi connectivity index (χ3n) is 8.32. The molecule has 3 aromatic carbocycles. The summed E-state index contributed by atoms with van der Waals surface area (Å²) in [7, 11) is 1.54. The van der Waals surface area contributed by atoms with Gasteiger partial charge in [-0.25, -0.2) is 9.59 Å². The largest absolute Gasteiger partial charge is 0.429 e. The fourth-order valence-corrected chi connectivity index (χ4v) is 5.84. The lowest BCUT2D eigenvalue weighted by molar-refractivity contribution is -0.137. The van der Waals surface area contributed by atoms with Crippen LogP contribution in [0.3, 0.4) is 0 Å². The average Bonchev–Trinajstić information content (AvgIpc) is 3.41. The Morgan fingerprint density at radius 1 is 1.00 bits per heavy atom. The van der Waals surface area contributed by atoms with Gasteiger partial charge in [0.1, 0.15) is 0 Å². The molecule has 5 rings (SSSR count). The summed E-state index contributed by atoms with van der Waals surface area (Å²) in [5, 5.41) is 17.1. The van der Waals surface area contributed by atoms with Crippen LogP contribution in [0.4, 0.5) is 23.7 Å². The molecule has 0 radical (unpaired) electrons. The Bertz CT molecular complexity index is 1470. The van der Waals surface area contributed by atoms with Crippen LogP contribution in [0, 0.1) is 0 Å². The lowest BCUT2D eigenvalue weighted by atomic mass is 9.96. The molecule has 1 aliphatic carbocycles. The van der Waals surface area contributed by atoms with E-state index in [0.717, 1.165) is 43.4 Å². The Morgan fingerprint density at radius 2 is 1.64 bits per heavy atom. The Labute approximate surface area is 242 Å². The molecule has 0 spiro atoms. The van der Waals surface area contributed by atoms with Crippen LogP contribution in [0.2, 0.25) is 0 Å². The van der Waals surface area contributed by atoms with E-state index < -0.39 is 39.8 Å². The number of nitrogens with one attached hydrogen (secondary N) is 2. The van der Waals surface area contributed by atoms with Crippen LogP contribution in [-0.4, -0.2) is 55.0 Å². The number of rotatable bonds is 7. The van der Waals surface area contributed by atoms with Gasteiger partial charge in [-0.05, 0) is 36.6 Å². The van der Waals surface area contributed by atoms with Gasteiger partial charge in [0.25, 0.3) is 0 Å². The van der Waals surface area contributed by atoms with Gasteiger partial charge >= 0.3 is 18.1 Å². The average molecular weight is 580 g/mol. The molecule has 2 aliphatic rings. The molecule has 1 fully saturated rings. The van der Waals surface area contributed by atoms with E-state index in [1.807, 2.05) is 30.3 Å². The van der Waals surface area contributed by atoms with Gasteiger partial charge < -0.3 is 10.4 Å². The minimum absolute atomic E-state index is 0.305. The first-order valence-corrected chi connectivity index (χ1v) is 14.0. The van der Waals surface area contributed by atoms with Crippen molar-refractivity contribution in [2.75, 3.05) is 26.7 Å². The van der Waals surface area contributed by atoms with Crippen LogP contribution in [0.25, 0.3) is 0 Å². The van der Waals surface area contributed by atoms with Crippen molar-refractivity contribution in [1.29, 1.82) is 0 Å². The summed E-state index contributed by atoms with van der Waals surface area (Å²) in [6.07, 6.45) is -1.91. The van der Waals surface area contributed by atoms with E-state index >= 15 is 0 Å². The van der Waals surface area contributed by atoms with E-state index in [9.17, 15) is 27.9 Å². The third kappa shape index (κ3) is 5.88. The van der Waals surface area contributed by atoms with Gasteiger partial charge in [-0.15, -0.1) is 4.48 Å². The van der Waals surface area contributed by atoms with Crippen LogP contribution in [0.15, 0.2) is 83.9 Å². The number of halogens is 3. The van der Waals surface area contributed by atoms with Crippen LogP contribution >= 0.6 is 0 Å². The van der Waals surface area contributed by atoms with E-state index in [4.69, 9.17) is 0 Å². The van der Waals surface area contributed by atoms with E-state index in [2.05, 4.69) is 15.6 Å². The highest BCUT2D eigenvalue weighted by Crippen LogP contribution is 2.35. The first-order valence-electron chi connectivity index (χ1n) is 14.0. The standard InChI is InChI=1S/C32H33F3N4O3/c1-39(30(42)38-31(17-7-8-18-31)21-36-19-27(40)22-9-3-2-4-10-22)26-12-6-5-11-25(26)29(37-20-28(39)41)23-13-15-24(16-14-23)32(33,34)35/h2-6,9-16,27,36,40H,7-8,17-21H2,1H3/p+1/t27-,39?/m0/s1. The number of carbonyl (C=O) groups excluding carboxylic acids is 2. The molecule has 3 N–H and O–H groups in total. The second-order valence-electron chi connectivity index (χ2n) is 11.1. The number of aliphatic imine (C=N–C) groups is 1. The molecule has 3 amide bonds. The molecule has 220 valence electrons. The number of quaternary nitrogens is 1. The molecule has 42 heavy (non-hydrogen) atoms. The number of urea groups is 1. The Kier molecular flexibility index (Phi) is 8.32. The highest BCUT2D eigenvalue weighted by molar-refractivity contribution is 6.22. The number of para-hydroxylation sites is 1. The summed E-state index contributed by atoms with van der Waals surface area (Å²) in [6.45, 7) is 0.412. The number of benzodiazepines with no additional fused rings is 1. The molecule has 7 nitrogen and oxygen atoms in total. The van der Waals surface area contributed by atoms with Crippen molar-refractivity contribution in [2.24, 2.45) is 4.99 Å². The van der Waals surface area contributed by atoms with Gasteiger partial charge in [0.05, 0.1) is 35.5 Å². The van der Waals surface area contributed by atoms with Crippen molar-refractivity contribution in [3.05, 3.63) is 101 Å². The van der Waals surface area contributed by atoms with Crippen molar-refractivity contribution in [1.82, 2.24) is 15.1 Å². The van der Waals surface area contributed by atoms with Crippen molar-refractivity contribution >= 4 is 23.3 Å². The van der Waals surface area contributed by atoms with Gasteiger partial charge in [-0.3, -0.25) is 10.3 Å². The zero-order valence-electron chi connectivity index (χ0n) is 23.3. The lowest BCUT2D eigenvalue weighted by Gasteiger charge is -2.35. The molecular weight excluding hydrogens is 545 g/mol. The fraction of sp³-hybridized carbons (Fsp3) is 0.344. The number of nitrogens with zero attached hydrogens (tertiary/aromatic N) is 2. The summed E-state index contributed by atoms with van der Waals surface area (Å²) in [5.41, 5.74) is 1.09. The van der Waals surface area contributed by atoms with Gasteiger partial charge in [-0.2, -0.15) is 13.2 Å². The second-order valence-corrected chi connectivity index (χ2v) is 11.1. The molecule has 1 aliphatic heterocycles. The van der Waals surface area contributed by atoms with E-state index in [1.54, 1.807) is 24.3 Å². The number of alkyl halides is 3. The number of imide groups is 1. The number of carbonyl (C=O) groups is 2. The lowest BCUT2D eigenvalue weighted by Crippen LogP contribution is -2.66. The molecule has 0 saturated heterocycles. The zero-order valence-corrected chi connectivity index (χ0v) is 23.3. The van der Waals surface area contributed by atoms with Crippen LogP contribution in [-0.2, 0) is 11.0 Å². The van der Waals surface area contributed by atoms with Gasteiger partial charge in [0.2, 0.25) is 0 Å². The third-order valence-corrected chi connectivity index (χ3v) is 8.32. The fourth-order valence-electron chi connectivity index (χ4n) is 5.84. The topological polar surface area (TPSA) is 90.8 Å².